The lowest BCUT2D eigenvalue weighted by atomic mass is 9.44. The number of rotatable bonds is 8. The van der Waals surface area contributed by atoms with Crippen LogP contribution in [-0.2, 0) is 4.79 Å². The maximum atomic E-state index is 13.4. The summed E-state index contributed by atoms with van der Waals surface area (Å²) in [5.74, 6) is -1.29. The molecule has 5 rings (SSSR count). The highest BCUT2D eigenvalue weighted by Crippen LogP contribution is 2.60. The van der Waals surface area contributed by atoms with Crippen molar-refractivity contribution in [2.75, 3.05) is 6.61 Å². The molecule has 3 saturated carbocycles. The van der Waals surface area contributed by atoms with Crippen LogP contribution in [0.5, 0.6) is 11.5 Å². The highest BCUT2D eigenvalue weighted by molar-refractivity contribution is 6.30. The van der Waals surface area contributed by atoms with E-state index in [0.717, 1.165) is 6.07 Å². The predicted molar refractivity (Wildman–Crippen MR) is 105 cm³/mol. The first kappa shape index (κ1) is 21.3. The van der Waals surface area contributed by atoms with Crippen LogP contribution in [-0.4, -0.2) is 36.1 Å². The molecule has 0 atom stereocenters. The molecule has 0 radical (unpaired) electrons. The maximum Gasteiger partial charge on any atom is 0.387 e. The van der Waals surface area contributed by atoms with Gasteiger partial charge in [-0.2, -0.15) is 8.78 Å². The number of nitrogens with one attached hydrogen (secondary N) is 2. The monoisotopic (exact) mass is 454 g/mol. The second-order valence-electron chi connectivity index (χ2n) is 7.86. The van der Waals surface area contributed by atoms with E-state index < -0.39 is 29.4 Å². The lowest BCUT2D eigenvalue weighted by Gasteiger charge is -2.70. The SMILES string of the molecule is O=C(COc1ccc(Cl)c(F)c1)NC12CC(NC(=O)c3cccc(OC(F)F)c3)(C1)C2. The van der Waals surface area contributed by atoms with Crippen LogP contribution < -0.4 is 20.1 Å². The number of benzene rings is 2. The number of alkyl halides is 2. The minimum atomic E-state index is -2.97. The summed E-state index contributed by atoms with van der Waals surface area (Å²) in [5, 5.41) is 5.75. The zero-order chi connectivity index (χ0) is 22.2. The average molecular weight is 455 g/mol. The fraction of sp³-hybridized carbons (Fsp3) is 0.333. The number of amides is 2. The molecule has 0 saturated heterocycles. The highest BCUT2D eigenvalue weighted by atomic mass is 35.5. The summed E-state index contributed by atoms with van der Waals surface area (Å²) < 4.78 is 47.7. The quantitative estimate of drug-likeness (QED) is 0.638. The van der Waals surface area contributed by atoms with E-state index in [1.165, 1.54) is 36.4 Å². The van der Waals surface area contributed by atoms with Crippen molar-refractivity contribution in [3.05, 3.63) is 58.9 Å². The van der Waals surface area contributed by atoms with Crippen molar-refractivity contribution >= 4 is 23.4 Å². The largest absolute Gasteiger partial charge is 0.484 e. The van der Waals surface area contributed by atoms with Crippen molar-refractivity contribution in [1.82, 2.24) is 10.6 Å². The first-order valence-corrected chi connectivity index (χ1v) is 9.82. The van der Waals surface area contributed by atoms with Gasteiger partial charge in [0.25, 0.3) is 11.8 Å². The summed E-state index contributed by atoms with van der Waals surface area (Å²) in [5.41, 5.74) is -0.617. The Morgan fingerprint density at radius 2 is 1.74 bits per heavy atom. The van der Waals surface area contributed by atoms with E-state index in [1.807, 2.05) is 0 Å². The van der Waals surface area contributed by atoms with Crippen LogP contribution in [0.3, 0.4) is 0 Å². The normalized spacial score (nSPS) is 23.4. The molecule has 6 nitrogen and oxygen atoms in total. The van der Waals surface area contributed by atoms with Crippen molar-refractivity contribution < 1.29 is 32.2 Å². The number of ether oxygens (including phenoxy) is 2. The third-order valence-corrected chi connectivity index (χ3v) is 5.70. The first-order chi connectivity index (χ1) is 14.7. The van der Waals surface area contributed by atoms with Crippen LogP contribution in [0, 0.1) is 5.82 Å². The number of halogens is 4. The minimum Gasteiger partial charge on any atom is -0.484 e. The Kier molecular flexibility index (Phi) is 5.47. The lowest BCUT2D eigenvalue weighted by molar-refractivity contribution is -0.141. The standard InChI is InChI=1S/C21H18ClF3N2O4/c22-15-5-4-13(7-16(15)23)30-8-17(28)26-20-9-21(10-20,11-20)27-18(29)12-2-1-3-14(6-12)31-19(24)25/h1-7,19H,8-11H2,(H,26,28)(H,27,29). The maximum absolute atomic E-state index is 13.4. The predicted octanol–water partition coefficient (Wildman–Crippen LogP) is 3.68. The van der Waals surface area contributed by atoms with E-state index >= 15 is 0 Å². The van der Waals surface area contributed by atoms with Gasteiger partial charge < -0.3 is 20.1 Å². The fourth-order valence-electron chi connectivity index (χ4n) is 4.23. The van der Waals surface area contributed by atoms with Crippen molar-refractivity contribution in [1.29, 1.82) is 0 Å². The van der Waals surface area contributed by atoms with Crippen LogP contribution in [0.2, 0.25) is 5.02 Å². The van der Waals surface area contributed by atoms with Gasteiger partial charge in [0.1, 0.15) is 17.3 Å². The van der Waals surface area contributed by atoms with E-state index in [1.54, 1.807) is 0 Å². The lowest BCUT2D eigenvalue weighted by Crippen LogP contribution is -2.84. The molecule has 0 spiro atoms. The van der Waals surface area contributed by atoms with Gasteiger partial charge in [-0.25, -0.2) is 4.39 Å². The van der Waals surface area contributed by atoms with Crippen molar-refractivity contribution in [2.24, 2.45) is 0 Å². The van der Waals surface area contributed by atoms with Gasteiger partial charge in [-0.1, -0.05) is 17.7 Å². The van der Waals surface area contributed by atoms with Crippen LogP contribution in [0.15, 0.2) is 42.5 Å². The van der Waals surface area contributed by atoms with Crippen LogP contribution in [0.4, 0.5) is 13.2 Å². The van der Waals surface area contributed by atoms with Gasteiger partial charge in [-0.3, -0.25) is 9.59 Å². The molecule has 3 fully saturated rings. The molecule has 0 aliphatic heterocycles. The van der Waals surface area contributed by atoms with Gasteiger partial charge in [0, 0.05) is 22.7 Å². The van der Waals surface area contributed by atoms with Gasteiger partial charge >= 0.3 is 6.61 Å². The Morgan fingerprint density at radius 1 is 1.03 bits per heavy atom. The molecule has 2 aromatic carbocycles. The zero-order valence-electron chi connectivity index (χ0n) is 16.1. The van der Waals surface area contributed by atoms with E-state index in [0.29, 0.717) is 19.3 Å². The molecule has 2 aromatic rings. The van der Waals surface area contributed by atoms with E-state index in [2.05, 4.69) is 15.4 Å². The Labute approximate surface area is 180 Å². The summed E-state index contributed by atoms with van der Waals surface area (Å²) >= 11 is 5.60. The summed E-state index contributed by atoms with van der Waals surface area (Å²) in [6, 6.07) is 9.47. The molecular weight excluding hydrogens is 437 g/mol. The van der Waals surface area contributed by atoms with Gasteiger partial charge in [-0.15, -0.1) is 0 Å². The third-order valence-electron chi connectivity index (χ3n) is 5.40. The molecule has 3 aliphatic rings. The third kappa shape index (κ3) is 4.56. The Hall–Kier alpha value is -2.94. The number of carbonyl (C=O) groups is 2. The number of hydrogen-bond donors (Lipinski definition) is 2. The van der Waals surface area contributed by atoms with Crippen molar-refractivity contribution in [2.45, 2.75) is 37.0 Å². The van der Waals surface area contributed by atoms with Crippen molar-refractivity contribution in [3.8, 4) is 11.5 Å². The summed E-state index contributed by atoms with van der Waals surface area (Å²) in [6.07, 6.45) is 1.67. The van der Waals surface area contributed by atoms with Gasteiger partial charge in [0.05, 0.1) is 5.02 Å². The van der Waals surface area contributed by atoms with Crippen LogP contribution in [0.25, 0.3) is 0 Å². The van der Waals surface area contributed by atoms with E-state index in [9.17, 15) is 22.8 Å². The summed E-state index contributed by atoms with van der Waals surface area (Å²) in [4.78, 5) is 24.6. The molecule has 0 aromatic heterocycles. The molecule has 0 heterocycles. The Bertz CT molecular complexity index is 1010. The van der Waals surface area contributed by atoms with Crippen molar-refractivity contribution in [3.63, 3.8) is 0 Å². The Balaban J connectivity index is 1.24. The molecule has 10 heteroatoms. The first-order valence-electron chi connectivity index (χ1n) is 9.44. The summed E-state index contributed by atoms with van der Waals surface area (Å²) in [7, 11) is 0. The van der Waals surface area contributed by atoms with Gasteiger partial charge in [-0.05, 0) is 49.6 Å². The molecular formula is C21H18ClF3N2O4. The highest BCUT2D eigenvalue weighted by Gasteiger charge is 2.69. The average Bonchev–Trinajstić information content (AvgIpc) is 2.66. The second-order valence-corrected chi connectivity index (χ2v) is 8.27. The van der Waals surface area contributed by atoms with Crippen LogP contribution in [0.1, 0.15) is 29.6 Å². The fourth-order valence-corrected chi connectivity index (χ4v) is 4.34. The number of hydrogen-bond acceptors (Lipinski definition) is 4. The minimum absolute atomic E-state index is 0.0358. The Morgan fingerprint density at radius 3 is 2.42 bits per heavy atom. The van der Waals surface area contributed by atoms with E-state index in [-0.39, 0.29) is 34.6 Å². The molecule has 0 unspecified atom stereocenters. The molecule has 2 bridgehead atoms. The molecule has 2 amide bonds. The van der Waals surface area contributed by atoms with Gasteiger partial charge in [0.2, 0.25) is 0 Å². The number of carbonyl (C=O) groups excluding carboxylic acids is 2. The van der Waals surface area contributed by atoms with Crippen LogP contribution >= 0.6 is 11.6 Å². The topological polar surface area (TPSA) is 76.7 Å². The van der Waals surface area contributed by atoms with E-state index in [4.69, 9.17) is 16.3 Å². The molecule has 31 heavy (non-hydrogen) atoms. The molecule has 2 N–H and O–H groups in total. The summed E-state index contributed by atoms with van der Waals surface area (Å²) in [6.45, 7) is -3.25. The smallest absolute Gasteiger partial charge is 0.387 e. The zero-order valence-corrected chi connectivity index (χ0v) is 16.8. The molecule has 3 aliphatic carbocycles. The van der Waals surface area contributed by atoms with Gasteiger partial charge in [0.15, 0.2) is 6.61 Å². The molecule has 164 valence electrons. The second kappa shape index (κ2) is 7.96.